The minimum atomic E-state index is 0.106. The summed E-state index contributed by atoms with van der Waals surface area (Å²) in [5.74, 6) is 0.642. The number of hydrogen-bond acceptors (Lipinski definition) is 7. The first kappa shape index (κ1) is 18.1. The van der Waals surface area contributed by atoms with E-state index < -0.39 is 0 Å². The summed E-state index contributed by atoms with van der Waals surface area (Å²) in [7, 11) is 1.77. The van der Waals surface area contributed by atoms with Gasteiger partial charge in [0.15, 0.2) is 0 Å². The topological polar surface area (TPSA) is 94.3 Å². The summed E-state index contributed by atoms with van der Waals surface area (Å²) < 4.78 is 13.5. The molecule has 150 valence electrons. The highest BCUT2D eigenvalue weighted by molar-refractivity contribution is 5.68. The van der Waals surface area contributed by atoms with Crippen LogP contribution in [0, 0.1) is 0 Å². The minimum Gasteiger partial charge on any atom is -0.507 e. The second-order valence-electron chi connectivity index (χ2n) is 7.60. The van der Waals surface area contributed by atoms with Crippen molar-refractivity contribution in [1.29, 1.82) is 0 Å². The lowest BCUT2D eigenvalue weighted by molar-refractivity contribution is 0.0718. The van der Waals surface area contributed by atoms with E-state index in [4.69, 9.17) is 9.47 Å². The number of phenols is 1. The summed E-state index contributed by atoms with van der Waals surface area (Å²) in [6, 6.07) is 6.17. The summed E-state index contributed by atoms with van der Waals surface area (Å²) in [5.41, 5.74) is 2.04. The summed E-state index contributed by atoms with van der Waals surface area (Å²) >= 11 is 0. The van der Waals surface area contributed by atoms with Crippen LogP contribution in [0.4, 0.5) is 0 Å². The Labute approximate surface area is 168 Å². The number of nitrogens with zero attached hydrogens (tertiary/aromatic N) is 4. The first-order valence-corrected chi connectivity index (χ1v) is 9.79. The quantitative estimate of drug-likeness (QED) is 0.687. The third-order valence-electron chi connectivity index (χ3n) is 5.76. The molecule has 4 heterocycles. The number of hydrogen-bond donors (Lipinski definition) is 2. The van der Waals surface area contributed by atoms with Crippen molar-refractivity contribution in [3.8, 4) is 28.6 Å². The van der Waals surface area contributed by atoms with E-state index in [1.165, 1.54) is 0 Å². The smallest absolute Gasteiger partial charge is 0.232 e. The Morgan fingerprint density at radius 2 is 2.10 bits per heavy atom. The number of piperidine rings is 1. The van der Waals surface area contributed by atoms with E-state index in [0.29, 0.717) is 29.2 Å². The predicted octanol–water partition coefficient (Wildman–Crippen LogP) is 2.32. The normalized spacial score (nSPS) is 25.8. The van der Waals surface area contributed by atoms with Crippen LogP contribution in [0.1, 0.15) is 19.3 Å². The van der Waals surface area contributed by atoms with E-state index >= 15 is 0 Å². The van der Waals surface area contributed by atoms with Gasteiger partial charge in [0.25, 0.3) is 0 Å². The van der Waals surface area contributed by atoms with Gasteiger partial charge in [-0.1, -0.05) is 0 Å². The molecule has 4 atom stereocenters. The monoisotopic (exact) mass is 393 g/mol. The van der Waals surface area contributed by atoms with Gasteiger partial charge in [-0.15, -0.1) is 0 Å². The Bertz CT molecular complexity index is 976. The van der Waals surface area contributed by atoms with E-state index in [0.717, 1.165) is 24.9 Å². The highest BCUT2D eigenvalue weighted by Gasteiger charge is 2.41. The number of rotatable bonds is 5. The molecule has 29 heavy (non-hydrogen) atoms. The van der Waals surface area contributed by atoms with Crippen molar-refractivity contribution in [3.05, 3.63) is 49.3 Å². The van der Waals surface area contributed by atoms with Crippen molar-refractivity contribution >= 4 is 0 Å². The molecule has 2 bridgehead atoms. The summed E-state index contributed by atoms with van der Waals surface area (Å²) in [6.45, 7) is 0. The number of imidazole rings is 1. The fourth-order valence-corrected chi connectivity index (χ4v) is 4.36. The average molecular weight is 393 g/mol. The van der Waals surface area contributed by atoms with Gasteiger partial charge >= 0.3 is 0 Å². The van der Waals surface area contributed by atoms with Crippen LogP contribution < -0.4 is 10.1 Å². The van der Waals surface area contributed by atoms with Crippen molar-refractivity contribution < 1.29 is 14.6 Å². The molecule has 8 nitrogen and oxygen atoms in total. The van der Waals surface area contributed by atoms with Crippen LogP contribution in [0.25, 0.3) is 16.9 Å². The number of aromatic nitrogens is 4. The lowest BCUT2D eigenvalue weighted by Gasteiger charge is -2.29. The van der Waals surface area contributed by atoms with Crippen LogP contribution in [-0.4, -0.2) is 56.0 Å². The average Bonchev–Trinajstić information content (AvgIpc) is 3.36. The van der Waals surface area contributed by atoms with E-state index in [2.05, 4.69) is 20.3 Å². The number of nitrogens with one attached hydrogen (secondary N) is 1. The van der Waals surface area contributed by atoms with Gasteiger partial charge in [0, 0.05) is 49.6 Å². The molecule has 3 unspecified atom stereocenters. The molecule has 5 rings (SSSR count). The summed E-state index contributed by atoms with van der Waals surface area (Å²) in [6.07, 6.45) is 11.7. The molecule has 2 aliphatic rings. The lowest BCUT2D eigenvalue weighted by atomic mass is 10.0. The Hall–Kier alpha value is -2.97. The molecular weight excluding hydrogens is 370 g/mol. The summed E-state index contributed by atoms with van der Waals surface area (Å²) in [4.78, 5) is 12.9. The molecule has 2 N–H and O–H groups in total. The maximum Gasteiger partial charge on any atom is 0.232 e. The molecule has 0 amide bonds. The zero-order valence-corrected chi connectivity index (χ0v) is 16.1. The van der Waals surface area contributed by atoms with Gasteiger partial charge in [-0.05, 0) is 25.0 Å². The van der Waals surface area contributed by atoms with Crippen LogP contribution in [0.15, 0.2) is 49.3 Å². The Morgan fingerprint density at radius 1 is 1.17 bits per heavy atom. The molecule has 0 radical (unpaired) electrons. The van der Waals surface area contributed by atoms with Gasteiger partial charge in [-0.25, -0.2) is 15.0 Å². The molecule has 0 aliphatic carbocycles. The molecule has 2 aliphatic heterocycles. The molecule has 0 spiro atoms. The molecule has 1 aromatic carbocycles. The van der Waals surface area contributed by atoms with Gasteiger partial charge in [-0.3, -0.25) is 0 Å². The van der Waals surface area contributed by atoms with E-state index in [-0.39, 0.29) is 18.0 Å². The molecule has 3 aromatic rings. The van der Waals surface area contributed by atoms with Crippen LogP contribution in [0.3, 0.4) is 0 Å². The van der Waals surface area contributed by atoms with Crippen molar-refractivity contribution in [2.45, 2.75) is 43.6 Å². The molecule has 2 saturated heterocycles. The van der Waals surface area contributed by atoms with Crippen LogP contribution in [0.2, 0.25) is 0 Å². The third-order valence-corrected chi connectivity index (χ3v) is 5.76. The SMILES string of the molecule is COC1CC2C[C@H](Oc3cnc(-c4ccc(-n5ccnc5)cc4O)cn3)CC1N2. The van der Waals surface area contributed by atoms with Crippen LogP contribution >= 0.6 is 0 Å². The van der Waals surface area contributed by atoms with Crippen LogP contribution in [-0.2, 0) is 4.74 Å². The predicted molar refractivity (Wildman–Crippen MR) is 106 cm³/mol. The number of aromatic hydroxyl groups is 1. The third kappa shape index (κ3) is 3.56. The molecule has 8 heteroatoms. The number of fused-ring (bicyclic) bond motifs is 2. The lowest BCUT2D eigenvalue weighted by Crippen LogP contribution is -2.45. The van der Waals surface area contributed by atoms with Crippen molar-refractivity contribution in [3.63, 3.8) is 0 Å². The maximum atomic E-state index is 10.4. The first-order valence-electron chi connectivity index (χ1n) is 9.79. The number of ether oxygens (including phenoxy) is 2. The van der Waals surface area contributed by atoms with E-state index in [9.17, 15) is 5.11 Å². The fourth-order valence-electron chi connectivity index (χ4n) is 4.36. The largest absolute Gasteiger partial charge is 0.507 e. The van der Waals surface area contributed by atoms with E-state index in [1.54, 1.807) is 38.1 Å². The standard InChI is InChI=1S/C21H23N5O3/c1-28-20-7-13-6-15(9-17(20)25-13)29-21-11-23-18(10-24-21)16-3-2-14(8-19(16)27)26-5-4-22-12-26/h2-5,8,10-13,15,17,20,25,27H,6-7,9H2,1H3/t13?,15-,17?,20?/m0/s1. The zero-order chi connectivity index (χ0) is 19.8. The van der Waals surface area contributed by atoms with Gasteiger partial charge < -0.3 is 24.5 Å². The highest BCUT2D eigenvalue weighted by Crippen LogP contribution is 2.32. The molecule has 0 saturated carbocycles. The number of methoxy groups -OCH3 is 1. The highest BCUT2D eigenvalue weighted by atomic mass is 16.5. The van der Waals surface area contributed by atoms with Gasteiger partial charge in [0.2, 0.25) is 5.88 Å². The van der Waals surface area contributed by atoms with Crippen molar-refractivity contribution in [1.82, 2.24) is 24.8 Å². The second kappa shape index (κ2) is 7.46. The Balaban J connectivity index is 1.28. The Kier molecular flexibility index (Phi) is 4.65. The van der Waals surface area contributed by atoms with E-state index in [1.807, 2.05) is 22.9 Å². The minimum absolute atomic E-state index is 0.106. The fraction of sp³-hybridized carbons (Fsp3) is 0.381. The van der Waals surface area contributed by atoms with Crippen molar-refractivity contribution in [2.75, 3.05) is 7.11 Å². The van der Waals surface area contributed by atoms with Gasteiger partial charge in [0.05, 0.1) is 36.2 Å². The number of benzene rings is 1. The Morgan fingerprint density at radius 3 is 2.83 bits per heavy atom. The maximum absolute atomic E-state index is 10.4. The molecular formula is C21H23N5O3. The van der Waals surface area contributed by atoms with Gasteiger partial charge in [0.1, 0.15) is 11.9 Å². The van der Waals surface area contributed by atoms with Crippen molar-refractivity contribution in [2.24, 2.45) is 0 Å². The second-order valence-corrected chi connectivity index (χ2v) is 7.60. The summed E-state index contributed by atoms with van der Waals surface area (Å²) in [5, 5.41) is 14.0. The number of phenolic OH excluding ortho intramolecular Hbond substituents is 1. The first-order chi connectivity index (χ1) is 14.2. The molecule has 2 fully saturated rings. The zero-order valence-electron chi connectivity index (χ0n) is 16.1. The molecule has 2 aromatic heterocycles. The van der Waals surface area contributed by atoms with Gasteiger partial charge in [-0.2, -0.15) is 0 Å². The van der Waals surface area contributed by atoms with Crippen LogP contribution in [0.5, 0.6) is 11.6 Å².